The molecule has 0 fully saturated rings. The van der Waals surface area contributed by atoms with E-state index in [4.69, 9.17) is 9.47 Å². The Hall–Kier alpha value is -1.79. The van der Waals surface area contributed by atoms with E-state index in [0.717, 1.165) is 10.6 Å². The van der Waals surface area contributed by atoms with Crippen LogP contribution in [0.4, 0.5) is 0 Å². The zero-order chi connectivity index (χ0) is 18.1. The molecule has 0 bridgehead atoms. The molecule has 4 nitrogen and oxygen atoms in total. The van der Waals surface area contributed by atoms with Crippen LogP contribution in [0.2, 0.25) is 0 Å². The zero-order valence-electron chi connectivity index (χ0n) is 14.7. The summed E-state index contributed by atoms with van der Waals surface area (Å²) >= 11 is 3.24. The minimum atomic E-state index is -0.181. The highest BCUT2D eigenvalue weighted by Crippen LogP contribution is 2.33. The molecule has 0 aliphatic heterocycles. The van der Waals surface area contributed by atoms with Gasteiger partial charge < -0.3 is 14.8 Å². The maximum atomic E-state index is 12.2. The predicted molar refractivity (Wildman–Crippen MR) is 105 cm³/mol. The molecular formula is C19H23NO3S2. The summed E-state index contributed by atoms with van der Waals surface area (Å²) in [5.41, 5.74) is 0. The van der Waals surface area contributed by atoms with Crippen LogP contribution in [0, 0.1) is 0 Å². The van der Waals surface area contributed by atoms with Crippen molar-refractivity contribution >= 4 is 29.4 Å². The van der Waals surface area contributed by atoms with Gasteiger partial charge in [-0.1, -0.05) is 18.2 Å². The lowest BCUT2D eigenvalue weighted by atomic mass is 10.3. The highest BCUT2D eigenvalue weighted by atomic mass is 32.2. The lowest BCUT2D eigenvalue weighted by molar-refractivity contribution is -0.120. The average Bonchev–Trinajstić information content (AvgIpc) is 2.65. The number of ether oxygens (including phenoxy) is 2. The molecule has 2 aromatic carbocycles. The molecule has 0 heterocycles. The van der Waals surface area contributed by atoms with E-state index in [0.29, 0.717) is 18.0 Å². The monoisotopic (exact) mass is 377 g/mol. The van der Waals surface area contributed by atoms with Crippen LogP contribution in [0.25, 0.3) is 0 Å². The SMILES string of the molecule is COc1ccc(S[C@@H](C)C(=O)NCCSc2ccccc2)cc1OC. The molecule has 25 heavy (non-hydrogen) atoms. The number of carbonyl (C=O) groups is 1. The van der Waals surface area contributed by atoms with Crippen molar-refractivity contribution in [1.29, 1.82) is 0 Å². The largest absolute Gasteiger partial charge is 0.493 e. The Morgan fingerprint density at radius 1 is 1.04 bits per heavy atom. The molecule has 134 valence electrons. The number of hydrogen-bond acceptors (Lipinski definition) is 5. The maximum absolute atomic E-state index is 12.2. The van der Waals surface area contributed by atoms with Crippen molar-refractivity contribution in [2.45, 2.75) is 22.0 Å². The molecule has 1 N–H and O–H groups in total. The van der Waals surface area contributed by atoms with Gasteiger partial charge in [0.25, 0.3) is 0 Å². The van der Waals surface area contributed by atoms with Crippen LogP contribution in [-0.4, -0.2) is 37.7 Å². The van der Waals surface area contributed by atoms with E-state index in [1.165, 1.54) is 16.7 Å². The first kappa shape index (κ1) is 19.5. The Morgan fingerprint density at radius 3 is 2.44 bits per heavy atom. The van der Waals surface area contributed by atoms with Crippen molar-refractivity contribution in [3.63, 3.8) is 0 Å². The van der Waals surface area contributed by atoms with Gasteiger partial charge in [0.15, 0.2) is 11.5 Å². The molecular weight excluding hydrogens is 354 g/mol. The van der Waals surface area contributed by atoms with Crippen LogP contribution in [-0.2, 0) is 4.79 Å². The molecule has 0 aromatic heterocycles. The van der Waals surface area contributed by atoms with Gasteiger partial charge in [-0.05, 0) is 37.3 Å². The summed E-state index contributed by atoms with van der Waals surface area (Å²) in [5.74, 6) is 2.23. The van der Waals surface area contributed by atoms with Crippen molar-refractivity contribution in [3.8, 4) is 11.5 Å². The molecule has 0 aliphatic carbocycles. The van der Waals surface area contributed by atoms with Gasteiger partial charge in [-0.2, -0.15) is 0 Å². The van der Waals surface area contributed by atoms with E-state index in [9.17, 15) is 4.79 Å². The fourth-order valence-corrected chi connectivity index (χ4v) is 3.86. The lowest BCUT2D eigenvalue weighted by Crippen LogP contribution is -2.32. The van der Waals surface area contributed by atoms with Crippen molar-refractivity contribution in [2.24, 2.45) is 0 Å². The number of benzene rings is 2. The van der Waals surface area contributed by atoms with E-state index < -0.39 is 0 Å². The first-order valence-corrected chi connectivity index (χ1v) is 9.85. The number of rotatable bonds is 9. The third kappa shape index (κ3) is 6.21. The van der Waals surface area contributed by atoms with Crippen molar-refractivity contribution in [3.05, 3.63) is 48.5 Å². The first-order chi connectivity index (χ1) is 12.1. The summed E-state index contributed by atoms with van der Waals surface area (Å²) < 4.78 is 10.5. The van der Waals surface area contributed by atoms with Crippen LogP contribution in [0.1, 0.15) is 6.92 Å². The van der Waals surface area contributed by atoms with Gasteiger partial charge in [0.1, 0.15) is 0 Å². The van der Waals surface area contributed by atoms with Crippen molar-refractivity contribution < 1.29 is 14.3 Å². The molecule has 2 aromatic rings. The summed E-state index contributed by atoms with van der Waals surface area (Å²) in [4.78, 5) is 14.4. The molecule has 0 unspecified atom stereocenters. The van der Waals surface area contributed by atoms with E-state index in [1.54, 1.807) is 26.0 Å². The van der Waals surface area contributed by atoms with Gasteiger partial charge in [-0.15, -0.1) is 23.5 Å². The van der Waals surface area contributed by atoms with Gasteiger partial charge in [0.2, 0.25) is 5.91 Å². The molecule has 1 amide bonds. The summed E-state index contributed by atoms with van der Waals surface area (Å²) in [7, 11) is 3.21. The normalized spacial score (nSPS) is 11.6. The Morgan fingerprint density at radius 2 is 1.76 bits per heavy atom. The van der Waals surface area contributed by atoms with E-state index in [2.05, 4.69) is 17.4 Å². The van der Waals surface area contributed by atoms with Crippen LogP contribution in [0.5, 0.6) is 11.5 Å². The second kappa shape index (κ2) is 10.3. The van der Waals surface area contributed by atoms with Gasteiger partial charge in [0.05, 0.1) is 19.5 Å². The minimum absolute atomic E-state index is 0.0356. The molecule has 6 heteroatoms. The summed E-state index contributed by atoms with van der Waals surface area (Å²) in [6, 6.07) is 15.8. The molecule has 0 radical (unpaired) electrons. The molecule has 0 saturated heterocycles. The molecule has 0 aliphatic rings. The van der Waals surface area contributed by atoms with Gasteiger partial charge >= 0.3 is 0 Å². The number of thioether (sulfide) groups is 2. The number of amides is 1. The Balaban J connectivity index is 1.78. The number of carbonyl (C=O) groups excluding carboxylic acids is 1. The lowest BCUT2D eigenvalue weighted by Gasteiger charge is -2.13. The van der Waals surface area contributed by atoms with Crippen LogP contribution < -0.4 is 14.8 Å². The van der Waals surface area contributed by atoms with Crippen molar-refractivity contribution in [2.75, 3.05) is 26.5 Å². The van der Waals surface area contributed by atoms with Crippen LogP contribution >= 0.6 is 23.5 Å². The number of methoxy groups -OCH3 is 2. The third-order valence-corrected chi connectivity index (χ3v) is 5.56. The second-order valence-corrected chi connectivity index (χ2v) is 7.81. The topological polar surface area (TPSA) is 47.6 Å². The summed E-state index contributed by atoms with van der Waals surface area (Å²) in [6.07, 6.45) is 0. The van der Waals surface area contributed by atoms with Crippen molar-refractivity contribution in [1.82, 2.24) is 5.32 Å². The molecule has 2 rings (SSSR count). The van der Waals surface area contributed by atoms with Gasteiger partial charge in [-0.3, -0.25) is 4.79 Å². The number of hydrogen-bond donors (Lipinski definition) is 1. The highest BCUT2D eigenvalue weighted by Gasteiger charge is 2.15. The summed E-state index contributed by atoms with van der Waals surface area (Å²) in [6.45, 7) is 2.55. The Kier molecular flexibility index (Phi) is 8.01. The molecule has 0 spiro atoms. The number of nitrogens with one attached hydrogen (secondary N) is 1. The predicted octanol–water partition coefficient (Wildman–Crippen LogP) is 4.09. The Labute approximate surface area is 157 Å². The third-order valence-electron chi connectivity index (χ3n) is 3.45. The van der Waals surface area contributed by atoms with Crippen LogP contribution in [0.15, 0.2) is 58.3 Å². The molecule has 0 saturated carbocycles. The maximum Gasteiger partial charge on any atom is 0.233 e. The standard InChI is InChI=1S/C19H23NO3S2/c1-14(25-16-9-10-17(22-2)18(13-16)23-3)19(21)20-11-12-24-15-7-5-4-6-8-15/h4-10,13-14H,11-12H2,1-3H3,(H,20,21)/t14-/m0/s1. The average molecular weight is 378 g/mol. The van der Waals surface area contributed by atoms with E-state index >= 15 is 0 Å². The highest BCUT2D eigenvalue weighted by molar-refractivity contribution is 8.00. The Bertz CT molecular complexity index is 680. The fraction of sp³-hybridized carbons (Fsp3) is 0.316. The van der Waals surface area contributed by atoms with Gasteiger partial charge in [0, 0.05) is 22.1 Å². The zero-order valence-corrected chi connectivity index (χ0v) is 16.3. The minimum Gasteiger partial charge on any atom is -0.493 e. The van der Waals surface area contributed by atoms with E-state index in [-0.39, 0.29) is 11.2 Å². The van der Waals surface area contributed by atoms with Crippen LogP contribution in [0.3, 0.4) is 0 Å². The fourth-order valence-electron chi connectivity index (χ4n) is 2.15. The second-order valence-electron chi connectivity index (χ2n) is 5.23. The van der Waals surface area contributed by atoms with Gasteiger partial charge in [-0.25, -0.2) is 0 Å². The molecule has 1 atom stereocenters. The summed E-state index contributed by atoms with van der Waals surface area (Å²) in [5, 5.41) is 2.81. The van der Waals surface area contributed by atoms with E-state index in [1.807, 2.05) is 43.3 Å². The smallest absolute Gasteiger partial charge is 0.233 e. The first-order valence-electron chi connectivity index (χ1n) is 7.98. The quantitative estimate of drug-likeness (QED) is 0.527.